The van der Waals surface area contributed by atoms with Gasteiger partial charge in [-0.25, -0.2) is 5.43 Å². The van der Waals surface area contributed by atoms with Crippen LogP contribution in [-0.2, 0) is 11.3 Å². The van der Waals surface area contributed by atoms with E-state index >= 15 is 0 Å². The highest BCUT2D eigenvalue weighted by atomic mass is 35.5. The second kappa shape index (κ2) is 7.53. The van der Waals surface area contributed by atoms with Crippen LogP contribution in [0.4, 0.5) is 0 Å². The van der Waals surface area contributed by atoms with Crippen LogP contribution >= 0.6 is 11.6 Å². The zero-order valence-electron chi connectivity index (χ0n) is 10.8. The molecule has 0 atom stereocenters. The zero-order chi connectivity index (χ0) is 14.2. The number of ether oxygens (including phenoxy) is 1. The molecule has 0 heterocycles. The van der Waals surface area contributed by atoms with Crippen molar-refractivity contribution < 1.29 is 9.53 Å². The second-order valence-electron chi connectivity index (χ2n) is 4.13. The Bertz CT molecular complexity index is 544. The molecule has 2 aromatic carbocycles. The van der Waals surface area contributed by atoms with Crippen molar-refractivity contribution in [1.82, 2.24) is 10.9 Å². The molecule has 0 spiro atoms. The molecule has 0 bridgehead atoms. The summed E-state index contributed by atoms with van der Waals surface area (Å²) in [6, 6.07) is 16.6. The van der Waals surface area contributed by atoms with Crippen LogP contribution in [0.15, 0.2) is 54.6 Å². The van der Waals surface area contributed by atoms with Crippen LogP contribution in [0.25, 0.3) is 0 Å². The Morgan fingerprint density at radius 3 is 2.45 bits per heavy atom. The first-order chi connectivity index (χ1) is 9.74. The predicted octanol–water partition coefficient (Wildman–Crippen LogP) is 2.54. The number of rotatable bonds is 6. The number of hydrazine groups is 1. The van der Waals surface area contributed by atoms with E-state index in [1.54, 1.807) is 24.3 Å². The van der Waals surface area contributed by atoms with Crippen molar-refractivity contribution in [2.45, 2.75) is 6.54 Å². The van der Waals surface area contributed by atoms with E-state index in [0.717, 1.165) is 5.56 Å². The number of hydrogen-bond acceptors (Lipinski definition) is 3. The number of carbonyl (C=O) groups is 1. The molecule has 0 saturated heterocycles. The molecule has 4 nitrogen and oxygen atoms in total. The minimum atomic E-state index is -0.240. The van der Waals surface area contributed by atoms with E-state index < -0.39 is 0 Å². The number of halogens is 1. The lowest BCUT2D eigenvalue weighted by Crippen LogP contribution is -2.39. The lowest BCUT2D eigenvalue weighted by atomic mass is 10.2. The Hall–Kier alpha value is -2.04. The van der Waals surface area contributed by atoms with Crippen LogP contribution in [0.1, 0.15) is 5.56 Å². The Morgan fingerprint density at radius 2 is 1.75 bits per heavy atom. The van der Waals surface area contributed by atoms with E-state index in [4.69, 9.17) is 16.3 Å². The van der Waals surface area contributed by atoms with E-state index in [1.807, 2.05) is 30.3 Å². The van der Waals surface area contributed by atoms with Gasteiger partial charge in [-0.1, -0.05) is 41.9 Å². The molecule has 0 aliphatic carbocycles. The maximum Gasteiger partial charge on any atom is 0.271 e. The van der Waals surface area contributed by atoms with Crippen LogP contribution < -0.4 is 15.6 Å². The fraction of sp³-hybridized carbons (Fsp3) is 0.133. The third-order valence-electron chi connectivity index (χ3n) is 2.55. The van der Waals surface area contributed by atoms with Gasteiger partial charge >= 0.3 is 0 Å². The van der Waals surface area contributed by atoms with E-state index in [9.17, 15) is 4.79 Å². The Labute approximate surface area is 122 Å². The fourth-order valence-electron chi connectivity index (χ4n) is 1.56. The summed E-state index contributed by atoms with van der Waals surface area (Å²) in [4.78, 5) is 11.5. The molecule has 0 aliphatic heterocycles. The molecule has 0 aliphatic rings. The first-order valence-corrected chi connectivity index (χ1v) is 6.56. The lowest BCUT2D eigenvalue weighted by molar-refractivity contribution is -0.124. The van der Waals surface area contributed by atoms with Crippen molar-refractivity contribution >= 4 is 17.5 Å². The van der Waals surface area contributed by atoms with Gasteiger partial charge in [-0.2, -0.15) is 0 Å². The van der Waals surface area contributed by atoms with E-state index in [2.05, 4.69) is 10.9 Å². The van der Waals surface area contributed by atoms with E-state index in [1.165, 1.54) is 0 Å². The molecule has 0 unspecified atom stereocenters. The summed E-state index contributed by atoms with van der Waals surface area (Å²) < 4.78 is 5.31. The molecule has 2 rings (SSSR count). The summed E-state index contributed by atoms with van der Waals surface area (Å²) in [6.45, 7) is 0.511. The fourth-order valence-corrected chi connectivity index (χ4v) is 1.68. The second-order valence-corrected chi connectivity index (χ2v) is 4.57. The molecule has 0 saturated carbocycles. The molecular weight excluding hydrogens is 276 g/mol. The molecule has 20 heavy (non-hydrogen) atoms. The molecular formula is C15H15ClN2O2. The number of amides is 1. The van der Waals surface area contributed by atoms with Gasteiger partial charge in [0.2, 0.25) is 0 Å². The van der Waals surface area contributed by atoms with Crippen molar-refractivity contribution in [3.63, 3.8) is 0 Å². The molecule has 0 fully saturated rings. The maximum atomic E-state index is 11.5. The zero-order valence-corrected chi connectivity index (χ0v) is 11.6. The first-order valence-electron chi connectivity index (χ1n) is 6.18. The van der Waals surface area contributed by atoms with Crippen LogP contribution in [0, 0.1) is 0 Å². The number of carbonyl (C=O) groups excluding carboxylic acids is 1. The first kappa shape index (κ1) is 14.4. The van der Waals surface area contributed by atoms with Crippen LogP contribution in [0.5, 0.6) is 5.75 Å². The number of nitrogens with one attached hydrogen (secondary N) is 2. The molecule has 2 N–H and O–H groups in total. The van der Waals surface area contributed by atoms with E-state index in [0.29, 0.717) is 17.3 Å². The largest absolute Gasteiger partial charge is 0.484 e. The topological polar surface area (TPSA) is 50.4 Å². The predicted molar refractivity (Wildman–Crippen MR) is 78.4 cm³/mol. The van der Waals surface area contributed by atoms with Gasteiger partial charge in [0.25, 0.3) is 5.91 Å². The van der Waals surface area contributed by atoms with Gasteiger partial charge in [0, 0.05) is 11.6 Å². The average molecular weight is 291 g/mol. The molecule has 0 radical (unpaired) electrons. The van der Waals surface area contributed by atoms with Crippen molar-refractivity contribution in [3.8, 4) is 5.75 Å². The van der Waals surface area contributed by atoms with Crippen molar-refractivity contribution in [2.75, 3.05) is 6.61 Å². The lowest BCUT2D eigenvalue weighted by Gasteiger charge is -2.08. The standard InChI is InChI=1S/C15H15ClN2O2/c16-13-6-8-14(9-7-13)20-11-15(19)18-17-10-12-4-2-1-3-5-12/h1-9,17H,10-11H2,(H,18,19). The smallest absolute Gasteiger partial charge is 0.271 e. The van der Waals surface area contributed by atoms with Gasteiger partial charge in [0.05, 0.1) is 0 Å². The SMILES string of the molecule is O=C(COc1ccc(Cl)cc1)NNCc1ccccc1. The molecule has 1 amide bonds. The Kier molecular flexibility index (Phi) is 5.41. The van der Waals surface area contributed by atoms with E-state index in [-0.39, 0.29) is 12.5 Å². The van der Waals surface area contributed by atoms with Crippen molar-refractivity contribution in [3.05, 3.63) is 65.2 Å². The van der Waals surface area contributed by atoms with Crippen LogP contribution in [0.3, 0.4) is 0 Å². The summed E-state index contributed by atoms with van der Waals surface area (Å²) in [5, 5.41) is 0.631. The van der Waals surface area contributed by atoms with Gasteiger partial charge < -0.3 is 4.74 Å². The Morgan fingerprint density at radius 1 is 1.05 bits per heavy atom. The summed E-state index contributed by atoms with van der Waals surface area (Å²) in [6.07, 6.45) is 0. The Balaban J connectivity index is 1.67. The average Bonchev–Trinajstić information content (AvgIpc) is 2.48. The minimum absolute atomic E-state index is 0.0522. The highest BCUT2D eigenvalue weighted by molar-refractivity contribution is 6.30. The van der Waals surface area contributed by atoms with Gasteiger partial charge in [0.15, 0.2) is 6.61 Å². The molecule has 5 heteroatoms. The highest BCUT2D eigenvalue weighted by Gasteiger charge is 2.02. The van der Waals surface area contributed by atoms with Gasteiger partial charge in [-0.15, -0.1) is 0 Å². The summed E-state index contributed by atoms with van der Waals surface area (Å²) in [5.41, 5.74) is 6.51. The normalized spacial score (nSPS) is 10.1. The van der Waals surface area contributed by atoms with Crippen LogP contribution in [0.2, 0.25) is 5.02 Å². The van der Waals surface area contributed by atoms with Crippen LogP contribution in [-0.4, -0.2) is 12.5 Å². The quantitative estimate of drug-likeness (QED) is 0.804. The molecule has 2 aromatic rings. The van der Waals surface area contributed by atoms with Gasteiger partial charge in [-0.05, 0) is 29.8 Å². The summed E-state index contributed by atoms with van der Waals surface area (Å²) in [7, 11) is 0. The molecule has 0 aromatic heterocycles. The van der Waals surface area contributed by atoms with Gasteiger partial charge in [-0.3, -0.25) is 10.2 Å². The maximum absolute atomic E-state index is 11.5. The minimum Gasteiger partial charge on any atom is -0.484 e. The summed E-state index contributed by atoms with van der Waals surface area (Å²) in [5.74, 6) is 0.364. The monoisotopic (exact) mass is 290 g/mol. The van der Waals surface area contributed by atoms with Crippen molar-refractivity contribution in [1.29, 1.82) is 0 Å². The third-order valence-corrected chi connectivity index (χ3v) is 2.80. The highest BCUT2D eigenvalue weighted by Crippen LogP contribution is 2.15. The summed E-state index contributed by atoms with van der Waals surface area (Å²) >= 11 is 5.76. The third kappa shape index (κ3) is 4.91. The van der Waals surface area contributed by atoms with Gasteiger partial charge in [0.1, 0.15) is 5.75 Å². The number of hydrogen-bond donors (Lipinski definition) is 2. The van der Waals surface area contributed by atoms with Crippen molar-refractivity contribution in [2.24, 2.45) is 0 Å². The number of benzene rings is 2. The molecule has 104 valence electrons.